The third kappa shape index (κ3) is 6.55. The molecule has 1 unspecified atom stereocenters. The SMILES string of the molecule is CCc1ccc(C(C)CC(=O)Nc2ccn(CCCC(=O)N(C)C)n2)cc1. The van der Waals surface area contributed by atoms with E-state index in [1.807, 2.05) is 6.20 Å². The molecule has 1 heterocycles. The molecule has 27 heavy (non-hydrogen) atoms. The minimum Gasteiger partial charge on any atom is -0.349 e. The normalized spacial score (nSPS) is 11.9. The molecule has 0 aliphatic carbocycles. The van der Waals surface area contributed by atoms with Gasteiger partial charge in [0.1, 0.15) is 0 Å². The molecule has 146 valence electrons. The molecule has 0 spiro atoms. The van der Waals surface area contributed by atoms with Crippen molar-refractivity contribution in [2.75, 3.05) is 19.4 Å². The molecule has 0 aliphatic rings. The van der Waals surface area contributed by atoms with Gasteiger partial charge in [0, 0.05) is 45.7 Å². The van der Waals surface area contributed by atoms with E-state index in [0.29, 0.717) is 25.2 Å². The van der Waals surface area contributed by atoms with Crippen molar-refractivity contribution in [3.05, 3.63) is 47.7 Å². The Labute approximate surface area is 161 Å². The molecule has 6 nitrogen and oxygen atoms in total. The number of hydrogen-bond acceptors (Lipinski definition) is 3. The third-order valence-electron chi connectivity index (χ3n) is 4.63. The highest BCUT2D eigenvalue weighted by molar-refractivity contribution is 5.90. The zero-order valence-electron chi connectivity index (χ0n) is 16.7. The lowest BCUT2D eigenvalue weighted by atomic mass is 9.96. The first kappa shape index (κ1) is 20.7. The molecule has 1 N–H and O–H groups in total. The van der Waals surface area contributed by atoms with Gasteiger partial charge in [-0.15, -0.1) is 0 Å². The first-order chi connectivity index (χ1) is 12.9. The van der Waals surface area contributed by atoms with Crippen LogP contribution in [0.15, 0.2) is 36.5 Å². The number of nitrogens with one attached hydrogen (secondary N) is 1. The lowest BCUT2D eigenvalue weighted by molar-refractivity contribution is -0.128. The molecular weight excluding hydrogens is 340 g/mol. The number of aromatic nitrogens is 2. The Morgan fingerprint density at radius 1 is 1.19 bits per heavy atom. The lowest BCUT2D eigenvalue weighted by Crippen LogP contribution is -2.21. The van der Waals surface area contributed by atoms with Crippen molar-refractivity contribution >= 4 is 17.6 Å². The van der Waals surface area contributed by atoms with Crippen molar-refractivity contribution < 1.29 is 9.59 Å². The van der Waals surface area contributed by atoms with Crippen LogP contribution in [0.4, 0.5) is 5.82 Å². The van der Waals surface area contributed by atoms with Crippen LogP contribution in [0.2, 0.25) is 0 Å². The smallest absolute Gasteiger partial charge is 0.226 e. The molecule has 6 heteroatoms. The number of aryl methyl sites for hydroxylation is 2. The maximum Gasteiger partial charge on any atom is 0.226 e. The predicted molar refractivity (Wildman–Crippen MR) is 108 cm³/mol. The van der Waals surface area contributed by atoms with Crippen LogP contribution in [0.3, 0.4) is 0 Å². The predicted octanol–water partition coefficient (Wildman–Crippen LogP) is 3.45. The van der Waals surface area contributed by atoms with Crippen LogP contribution in [0, 0.1) is 0 Å². The maximum absolute atomic E-state index is 12.3. The van der Waals surface area contributed by atoms with E-state index in [1.54, 1.807) is 29.7 Å². The lowest BCUT2D eigenvalue weighted by Gasteiger charge is -2.12. The Hall–Kier alpha value is -2.63. The first-order valence-electron chi connectivity index (χ1n) is 9.51. The zero-order valence-corrected chi connectivity index (χ0v) is 16.7. The maximum atomic E-state index is 12.3. The summed E-state index contributed by atoms with van der Waals surface area (Å²) in [7, 11) is 3.51. The number of nitrogens with zero attached hydrogens (tertiary/aromatic N) is 3. The molecule has 2 rings (SSSR count). The molecular formula is C21H30N4O2. The van der Waals surface area contributed by atoms with E-state index in [1.165, 1.54) is 11.1 Å². The Kier molecular flexibility index (Phi) is 7.58. The van der Waals surface area contributed by atoms with Crippen LogP contribution >= 0.6 is 0 Å². The fourth-order valence-electron chi connectivity index (χ4n) is 2.84. The van der Waals surface area contributed by atoms with E-state index in [0.717, 1.165) is 12.8 Å². The monoisotopic (exact) mass is 370 g/mol. The molecule has 1 aromatic heterocycles. The number of rotatable bonds is 9. The number of hydrogen-bond donors (Lipinski definition) is 1. The number of amides is 2. The quantitative estimate of drug-likeness (QED) is 0.735. The Bertz CT molecular complexity index is 750. The molecule has 1 atom stereocenters. The van der Waals surface area contributed by atoms with E-state index >= 15 is 0 Å². The Morgan fingerprint density at radius 3 is 2.52 bits per heavy atom. The fourth-order valence-corrected chi connectivity index (χ4v) is 2.84. The topological polar surface area (TPSA) is 67.2 Å². The van der Waals surface area contributed by atoms with Crippen LogP contribution in [-0.4, -0.2) is 40.6 Å². The minimum absolute atomic E-state index is 0.0462. The van der Waals surface area contributed by atoms with E-state index in [4.69, 9.17) is 0 Å². The molecule has 0 bridgehead atoms. The van der Waals surface area contributed by atoms with Gasteiger partial charge in [-0.05, 0) is 29.9 Å². The van der Waals surface area contributed by atoms with Gasteiger partial charge in [0.2, 0.25) is 11.8 Å². The summed E-state index contributed by atoms with van der Waals surface area (Å²) < 4.78 is 1.76. The summed E-state index contributed by atoms with van der Waals surface area (Å²) >= 11 is 0. The Balaban J connectivity index is 1.80. The molecule has 2 aromatic rings. The van der Waals surface area contributed by atoms with E-state index in [2.05, 4.69) is 48.5 Å². The van der Waals surface area contributed by atoms with Gasteiger partial charge >= 0.3 is 0 Å². The van der Waals surface area contributed by atoms with Crippen molar-refractivity contribution in [1.29, 1.82) is 0 Å². The molecule has 0 radical (unpaired) electrons. The molecule has 0 saturated carbocycles. The van der Waals surface area contributed by atoms with Crippen LogP contribution in [-0.2, 0) is 22.6 Å². The second-order valence-corrected chi connectivity index (χ2v) is 7.10. The fraction of sp³-hybridized carbons (Fsp3) is 0.476. The van der Waals surface area contributed by atoms with Gasteiger partial charge in [-0.2, -0.15) is 5.10 Å². The van der Waals surface area contributed by atoms with Crippen molar-refractivity contribution in [2.45, 2.75) is 52.0 Å². The molecule has 0 aliphatic heterocycles. The van der Waals surface area contributed by atoms with Crippen molar-refractivity contribution in [3.8, 4) is 0 Å². The largest absolute Gasteiger partial charge is 0.349 e. The second-order valence-electron chi connectivity index (χ2n) is 7.10. The molecule has 0 fully saturated rings. The van der Waals surface area contributed by atoms with Crippen LogP contribution < -0.4 is 5.32 Å². The van der Waals surface area contributed by atoms with Crippen molar-refractivity contribution in [1.82, 2.24) is 14.7 Å². The van der Waals surface area contributed by atoms with Gasteiger partial charge in [-0.1, -0.05) is 38.1 Å². The average molecular weight is 370 g/mol. The van der Waals surface area contributed by atoms with E-state index in [-0.39, 0.29) is 17.7 Å². The summed E-state index contributed by atoms with van der Waals surface area (Å²) in [6, 6.07) is 10.2. The summed E-state index contributed by atoms with van der Waals surface area (Å²) in [4.78, 5) is 25.5. The van der Waals surface area contributed by atoms with Gasteiger partial charge in [0.05, 0.1) is 0 Å². The Morgan fingerprint density at radius 2 is 1.89 bits per heavy atom. The number of anilines is 1. The van der Waals surface area contributed by atoms with E-state index < -0.39 is 0 Å². The summed E-state index contributed by atoms with van der Waals surface area (Å²) in [6.45, 7) is 4.83. The van der Waals surface area contributed by atoms with Gasteiger partial charge in [-0.25, -0.2) is 0 Å². The molecule has 2 amide bonds. The summed E-state index contributed by atoms with van der Waals surface area (Å²) in [6.07, 6.45) is 4.46. The first-order valence-corrected chi connectivity index (χ1v) is 9.51. The highest BCUT2D eigenvalue weighted by atomic mass is 16.2. The third-order valence-corrected chi connectivity index (χ3v) is 4.63. The number of carbonyl (C=O) groups is 2. The minimum atomic E-state index is -0.0462. The van der Waals surface area contributed by atoms with E-state index in [9.17, 15) is 9.59 Å². The molecule has 1 aromatic carbocycles. The average Bonchev–Trinajstić information content (AvgIpc) is 3.08. The van der Waals surface area contributed by atoms with Gasteiger partial charge in [0.25, 0.3) is 0 Å². The highest BCUT2D eigenvalue weighted by Gasteiger charge is 2.13. The zero-order chi connectivity index (χ0) is 19.8. The highest BCUT2D eigenvalue weighted by Crippen LogP contribution is 2.20. The second kappa shape index (κ2) is 9.90. The van der Waals surface area contributed by atoms with Crippen LogP contribution in [0.25, 0.3) is 0 Å². The number of benzene rings is 1. The van der Waals surface area contributed by atoms with Gasteiger partial charge in [-0.3, -0.25) is 14.3 Å². The summed E-state index contributed by atoms with van der Waals surface area (Å²) in [5, 5.41) is 7.21. The van der Waals surface area contributed by atoms with Gasteiger partial charge in [0.15, 0.2) is 5.82 Å². The van der Waals surface area contributed by atoms with Crippen molar-refractivity contribution in [3.63, 3.8) is 0 Å². The van der Waals surface area contributed by atoms with Gasteiger partial charge < -0.3 is 10.2 Å². The van der Waals surface area contributed by atoms with Crippen LogP contribution in [0.5, 0.6) is 0 Å². The summed E-state index contributed by atoms with van der Waals surface area (Å²) in [5.41, 5.74) is 2.46. The summed E-state index contributed by atoms with van der Waals surface area (Å²) in [5.74, 6) is 0.759. The number of carbonyl (C=O) groups excluding carboxylic acids is 2. The van der Waals surface area contributed by atoms with Crippen LogP contribution in [0.1, 0.15) is 50.2 Å². The van der Waals surface area contributed by atoms with Crippen molar-refractivity contribution in [2.24, 2.45) is 0 Å². The molecule has 0 saturated heterocycles. The standard InChI is InChI=1S/C21H30N4O2/c1-5-17-8-10-18(11-9-17)16(2)15-20(26)22-19-12-14-25(23-19)13-6-7-21(27)24(3)4/h8-12,14,16H,5-7,13,15H2,1-4H3,(H,22,23,26).